The van der Waals surface area contributed by atoms with Crippen LogP contribution < -0.4 is 9.47 Å². The van der Waals surface area contributed by atoms with Crippen LogP contribution >= 0.6 is 27.7 Å². The second kappa shape index (κ2) is 6.86. The van der Waals surface area contributed by atoms with Gasteiger partial charge in [0.1, 0.15) is 13.2 Å². The molecule has 0 aliphatic carbocycles. The highest BCUT2D eigenvalue weighted by Crippen LogP contribution is 2.37. The molecular formula is C17H14BrN3O2S. The number of nitrogens with one attached hydrogen (secondary N) is 1. The van der Waals surface area contributed by atoms with Crippen molar-refractivity contribution >= 4 is 27.7 Å². The lowest BCUT2D eigenvalue weighted by molar-refractivity contribution is 0.171. The Kier molecular flexibility index (Phi) is 4.44. The Bertz CT molecular complexity index is 854. The first-order valence-electron chi connectivity index (χ1n) is 7.48. The minimum Gasteiger partial charge on any atom is -0.486 e. The van der Waals surface area contributed by atoms with E-state index >= 15 is 0 Å². The fourth-order valence-electron chi connectivity index (χ4n) is 2.40. The summed E-state index contributed by atoms with van der Waals surface area (Å²) in [5.41, 5.74) is 2.15. The standard InChI is InChI=1S/C17H14BrN3O2S/c18-13-9-15-14(22-6-7-23-15)8-12(13)10-24-17-19-16(20-21-17)11-4-2-1-3-5-11/h1-5,8-9H,6-7,10H2,(H,19,20,21). The third-order valence-electron chi connectivity index (χ3n) is 3.58. The van der Waals surface area contributed by atoms with Gasteiger partial charge in [0.2, 0.25) is 5.16 Å². The van der Waals surface area contributed by atoms with E-state index < -0.39 is 0 Å². The summed E-state index contributed by atoms with van der Waals surface area (Å²) in [6.07, 6.45) is 0. The third kappa shape index (κ3) is 3.27. The maximum Gasteiger partial charge on any atom is 0.209 e. The van der Waals surface area contributed by atoms with Gasteiger partial charge in [0.05, 0.1) is 0 Å². The average Bonchev–Trinajstić information content (AvgIpc) is 3.10. The smallest absolute Gasteiger partial charge is 0.209 e. The van der Waals surface area contributed by atoms with Crippen LogP contribution in [-0.2, 0) is 5.75 Å². The number of nitrogens with zero attached hydrogens (tertiary/aromatic N) is 2. The van der Waals surface area contributed by atoms with Crippen LogP contribution in [0.5, 0.6) is 11.5 Å². The van der Waals surface area contributed by atoms with Crippen molar-refractivity contribution in [1.29, 1.82) is 0 Å². The van der Waals surface area contributed by atoms with Crippen LogP contribution in [0.1, 0.15) is 5.56 Å². The van der Waals surface area contributed by atoms with Crippen molar-refractivity contribution in [3.05, 3.63) is 52.5 Å². The van der Waals surface area contributed by atoms with Crippen molar-refractivity contribution < 1.29 is 9.47 Å². The molecule has 0 saturated carbocycles. The molecule has 0 bridgehead atoms. The molecule has 0 radical (unpaired) electrons. The van der Waals surface area contributed by atoms with Gasteiger partial charge in [-0.25, -0.2) is 4.98 Å². The van der Waals surface area contributed by atoms with Gasteiger partial charge in [-0.05, 0) is 17.7 Å². The fraction of sp³-hybridized carbons (Fsp3) is 0.176. The number of aromatic amines is 1. The minimum absolute atomic E-state index is 0.586. The summed E-state index contributed by atoms with van der Waals surface area (Å²) in [5, 5.41) is 7.98. The van der Waals surface area contributed by atoms with E-state index in [1.165, 1.54) is 0 Å². The first-order chi connectivity index (χ1) is 11.8. The zero-order valence-corrected chi connectivity index (χ0v) is 15.1. The zero-order valence-electron chi connectivity index (χ0n) is 12.7. The van der Waals surface area contributed by atoms with Crippen LogP contribution in [0.4, 0.5) is 0 Å². The molecule has 1 aliphatic rings. The molecule has 2 aromatic carbocycles. The van der Waals surface area contributed by atoms with Crippen LogP contribution in [0.15, 0.2) is 52.1 Å². The van der Waals surface area contributed by atoms with Gasteiger partial charge in [-0.3, -0.25) is 5.10 Å². The summed E-state index contributed by atoms with van der Waals surface area (Å²) in [5.74, 6) is 3.09. The minimum atomic E-state index is 0.586. The Hall–Kier alpha value is -1.99. The Morgan fingerprint density at radius 3 is 2.62 bits per heavy atom. The molecule has 4 rings (SSSR count). The molecule has 122 valence electrons. The average molecular weight is 404 g/mol. The molecule has 0 atom stereocenters. The van der Waals surface area contributed by atoms with Crippen LogP contribution in [0, 0.1) is 0 Å². The number of fused-ring (bicyclic) bond motifs is 1. The van der Waals surface area contributed by atoms with Crippen LogP contribution in [0.2, 0.25) is 0 Å². The number of hydrogen-bond acceptors (Lipinski definition) is 5. The number of rotatable bonds is 4. The molecule has 0 amide bonds. The fourth-order valence-corrected chi connectivity index (χ4v) is 3.83. The maximum absolute atomic E-state index is 5.64. The largest absolute Gasteiger partial charge is 0.486 e. The number of benzene rings is 2. The SMILES string of the molecule is Brc1cc2c(cc1CSc1n[nH]c(-c3ccccc3)n1)OCCO2. The summed E-state index contributed by atoms with van der Waals surface area (Å²) in [6.45, 7) is 1.18. The topological polar surface area (TPSA) is 60.0 Å². The molecule has 1 aromatic heterocycles. The van der Waals surface area contributed by atoms with Crippen molar-refractivity contribution in [2.24, 2.45) is 0 Å². The number of halogens is 1. The molecule has 1 N–H and O–H groups in total. The predicted octanol–water partition coefficient (Wildman–Crippen LogP) is 4.30. The quantitative estimate of drug-likeness (QED) is 0.658. The molecule has 7 heteroatoms. The monoisotopic (exact) mass is 403 g/mol. The zero-order chi connectivity index (χ0) is 16.4. The molecule has 0 unspecified atom stereocenters. The van der Waals surface area contributed by atoms with E-state index in [1.807, 2.05) is 42.5 Å². The van der Waals surface area contributed by atoms with E-state index in [0.29, 0.717) is 13.2 Å². The van der Waals surface area contributed by atoms with E-state index in [1.54, 1.807) is 11.8 Å². The highest BCUT2D eigenvalue weighted by atomic mass is 79.9. The first-order valence-corrected chi connectivity index (χ1v) is 9.26. The number of hydrogen-bond donors (Lipinski definition) is 1. The van der Waals surface area contributed by atoms with Gasteiger partial charge in [0.15, 0.2) is 17.3 Å². The molecule has 5 nitrogen and oxygen atoms in total. The Morgan fingerprint density at radius 1 is 1.08 bits per heavy atom. The number of thioether (sulfide) groups is 1. The number of aromatic nitrogens is 3. The van der Waals surface area contributed by atoms with Gasteiger partial charge in [0.25, 0.3) is 0 Å². The number of H-pyrrole nitrogens is 1. The summed E-state index contributed by atoms with van der Waals surface area (Å²) in [7, 11) is 0. The Morgan fingerprint density at radius 2 is 1.83 bits per heavy atom. The second-order valence-electron chi connectivity index (χ2n) is 5.21. The molecule has 1 aliphatic heterocycles. The van der Waals surface area contributed by atoms with E-state index in [4.69, 9.17) is 9.47 Å². The molecule has 3 aromatic rings. The maximum atomic E-state index is 5.64. The van der Waals surface area contributed by atoms with E-state index in [9.17, 15) is 0 Å². The van der Waals surface area contributed by atoms with Gasteiger partial charge in [-0.15, -0.1) is 5.10 Å². The van der Waals surface area contributed by atoms with Gasteiger partial charge >= 0.3 is 0 Å². The normalized spacial score (nSPS) is 13.0. The lowest BCUT2D eigenvalue weighted by Crippen LogP contribution is -2.15. The summed E-state index contributed by atoms with van der Waals surface area (Å²) < 4.78 is 12.2. The molecule has 0 saturated heterocycles. The lowest BCUT2D eigenvalue weighted by Gasteiger charge is -2.19. The van der Waals surface area contributed by atoms with E-state index in [-0.39, 0.29) is 0 Å². The van der Waals surface area contributed by atoms with Crippen molar-refractivity contribution in [2.75, 3.05) is 13.2 Å². The molecular weight excluding hydrogens is 390 g/mol. The van der Waals surface area contributed by atoms with Crippen LogP contribution in [0.3, 0.4) is 0 Å². The molecule has 0 spiro atoms. The van der Waals surface area contributed by atoms with Crippen LogP contribution in [-0.4, -0.2) is 28.4 Å². The van der Waals surface area contributed by atoms with Crippen molar-refractivity contribution in [3.8, 4) is 22.9 Å². The van der Waals surface area contributed by atoms with Crippen LogP contribution in [0.25, 0.3) is 11.4 Å². The van der Waals surface area contributed by atoms with Crippen molar-refractivity contribution in [3.63, 3.8) is 0 Å². The molecule has 2 heterocycles. The highest BCUT2D eigenvalue weighted by Gasteiger charge is 2.15. The van der Waals surface area contributed by atoms with Gasteiger partial charge in [-0.2, -0.15) is 0 Å². The third-order valence-corrected chi connectivity index (χ3v) is 5.21. The summed E-state index contributed by atoms with van der Waals surface area (Å²) in [4.78, 5) is 4.54. The van der Waals surface area contributed by atoms with Crippen molar-refractivity contribution in [2.45, 2.75) is 10.9 Å². The highest BCUT2D eigenvalue weighted by molar-refractivity contribution is 9.10. The second-order valence-corrected chi connectivity index (χ2v) is 7.01. The Labute approximate surface area is 151 Å². The lowest BCUT2D eigenvalue weighted by atomic mass is 10.2. The Balaban J connectivity index is 1.48. The van der Waals surface area contributed by atoms with Gasteiger partial charge in [-0.1, -0.05) is 58.0 Å². The molecule has 0 fully saturated rings. The molecule has 24 heavy (non-hydrogen) atoms. The summed E-state index contributed by atoms with van der Waals surface area (Å²) in [6, 6.07) is 13.9. The van der Waals surface area contributed by atoms with E-state index in [0.717, 1.165) is 43.8 Å². The van der Waals surface area contributed by atoms with Crippen molar-refractivity contribution in [1.82, 2.24) is 15.2 Å². The summed E-state index contributed by atoms with van der Waals surface area (Å²) >= 11 is 5.17. The number of ether oxygens (including phenoxy) is 2. The first kappa shape index (κ1) is 15.5. The predicted molar refractivity (Wildman–Crippen MR) is 96.5 cm³/mol. The van der Waals surface area contributed by atoms with E-state index in [2.05, 4.69) is 31.1 Å². The van der Waals surface area contributed by atoms with Gasteiger partial charge < -0.3 is 9.47 Å². The van der Waals surface area contributed by atoms with Gasteiger partial charge in [0, 0.05) is 15.8 Å².